The summed E-state index contributed by atoms with van der Waals surface area (Å²) in [4.78, 5) is 53.7. The topological polar surface area (TPSA) is 277 Å². The first kappa shape index (κ1) is 48.3. The molecule has 0 bridgehead atoms. The molecule has 5 rings (SSSR count). The highest BCUT2D eigenvalue weighted by atomic mass is 16.5. The van der Waals surface area contributed by atoms with E-state index in [1.807, 2.05) is 16.0 Å². The first-order valence-electron chi connectivity index (χ1n) is 22.1. The minimum Gasteiger partial charge on any atom is -0.377 e. The van der Waals surface area contributed by atoms with Gasteiger partial charge in [-0.05, 0) is 51.5 Å². The summed E-state index contributed by atoms with van der Waals surface area (Å²) in [5.74, 6) is 3.86. The van der Waals surface area contributed by atoms with Crippen LogP contribution in [0.15, 0.2) is 17.4 Å². The number of amides is 2. The Labute approximate surface area is 369 Å². The number of hydrogen-bond donors (Lipinski definition) is 4. The predicted molar refractivity (Wildman–Crippen MR) is 237 cm³/mol. The van der Waals surface area contributed by atoms with Crippen LogP contribution in [0.1, 0.15) is 62.9 Å². The van der Waals surface area contributed by atoms with Gasteiger partial charge < -0.3 is 56.3 Å². The molecule has 5 heterocycles. The highest BCUT2D eigenvalue weighted by molar-refractivity contribution is 5.80. The van der Waals surface area contributed by atoms with E-state index in [4.69, 9.17) is 52.8 Å². The van der Waals surface area contributed by atoms with Gasteiger partial charge in [-0.1, -0.05) is 29.7 Å². The number of carbonyl (C=O) groups excluding carboxylic acids is 2. The molecule has 0 radical (unpaired) electrons. The molecule has 7 N–H and O–H groups in total. The van der Waals surface area contributed by atoms with Crippen LogP contribution in [0, 0.1) is 12.3 Å². The average Bonchev–Trinajstić information content (AvgIpc) is 3.97. The minimum absolute atomic E-state index is 0.0242. The van der Waals surface area contributed by atoms with E-state index in [1.165, 1.54) is 0 Å². The number of hydrogen-bond acceptors (Lipinski definition) is 17. The second-order valence-electron chi connectivity index (χ2n) is 15.3. The van der Waals surface area contributed by atoms with Crippen molar-refractivity contribution in [2.45, 2.75) is 70.9 Å². The molecule has 2 amide bonds. The molecule has 2 fully saturated rings. The second kappa shape index (κ2) is 26.7. The Balaban J connectivity index is 1.19. The molecule has 3 aromatic rings. The molecular weight excluding hydrogens is 813 g/mol. The van der Waals surface area contributed by atoms with Gasteiger partial charge in [0.05, 0.1) is 44.4 Å². The van der Waals surface area contributed by atoms with Gasteiger partial charge in [-0.15, -0.1) is 16.6 Å². The van der Waals surface area contributed by atoms with Gasteiger partial charge in [-0.3, -0.25) is 14.6 Å². The van der Waals surface area contributed by atoms with Crippen molar-refractivity contribution in [3.8, 4) is 12.3 Å². The number of nitrogens with one attached hydrogen (secondary N) is 1. The maximum atomic E-state index is 14.1. The predicted octanol–water partition coefficient (Wildman–Crippen LogP) is -0.934. The summed E-state index contributed by atoms with van der Waals surface area (Å²) in [6.45, 7) is 10.2. The molecule has 0 spiro atoms. The van der Waals surface area contributed by atoms with E-state index in [1.54, 1.807) is 15.6 Å². The summed E-state index contributed by atoms with van der Waals surface area (Å²) in [5, 5.41) is 20.4. The van der Waals surface area contributed by atoms with Gasteiger partial charge >= 0.3 is 0 Å². The van der Waals surface area contributed by atoms with Crippen LogP contribution < -0.4 is 32.3 Å². The van der Waals surface area contributed by atoms with E-state index in [9.17, 15) is 9.59 Å². The Bertz CT molecular complexity index is 1880. The third-order valence-electron chi connectivity index (χ3n) is 10.5. The smallest absolute Gasteiger partial charge is 0.247 e. The molecule has 1 unspecified atom stereocenters. The van der Waals surface area contributed by atoms with Crippen molar-refractivity contribution in [1.82, 2.24) is 54.7 Å². The number of unbranched alkanes of at least 4 members (excludes halogenated alkanes) is 2. The summed E-state index contributed by atoms with van der Waals surface area (Å²) in [6.07, 6.45) is 15.4. The molecule has 63 heavy (non-hydrogen) atoms. The van der Waals surface area contributed by atoms with E-state index in [2.05, 4.69) is 53.6 Å². The van der Waals surface area contributed by atoms with E-state index < -0.39 is 6.04 Å². The third kappa shape index (κ3) is 16.2. The van der Waals surface area contributed by atoms with Crippen molar-refractivity contribution in [2.24, 2.45) is 22.2 Å². The van der Waals surface area contributed by atoms with Crippen molar-refractivity contribution in [1.29, 1.82) is 0 Å². The quantitative estimate of drug-likeness (QED) is 0.0297. The van der Waals surface area contributed by atoms with E-state index in [0.29, 0.717) is 142 Å². The number of rotatable bonds is 28. The molecule has 346 valence electrons. The Hall–Kier alpha value is -5.70. The molecule has 2 saturated heterocycles. The second-order valence-corrected chi connectivity index (χ2v) is 15.3. The molecule has 0 saturated carbocycles. The summed E-state index contributed by atoms with van der Waals surface area (Å²) < 4.78 is 19.8. The molecule has 2 aliphatic rings. The van der Waals surface area contributed by atoms with Gasteiger partial charge in [0.25, 0.3) is 0 Å². The Morgan fingerprint density at radius 1 is 0.810 bits per heavy atom. The first-order chi connectivity index (χ1) is 30.8. The lowest BCUT2D eigenvalue weighted by Crippen LogP contribution is -2.51. The number of nitrogens with two attached hydrogens (primary N) is 3. The number of guanidine groups is 1. The number of aliphatic imine (C=N–C) groups is 1. The van der Waals surface area contributed by atoms with Crippen LogP contribution in [-0.4, -0.2) is 184 Å². The van der Waals surface area contributed by atoms with Gasteiger partial charge in [-0.2, -0.15) is 15.0 Å². The average molecular weight is 879 g/mol. The normalized spacial score (nSPS) is 14.7. The van der Waals surface area contributed by atoms with Crippen molar-refractivity contribution in [2.75, 3.05) is 127 Å². The summed E-state index contributed by atoms with van der Waals surface area (Å²) in [6, 6.07) is -0.445. The van der Waals surface area contributed by atoms with Crippen LogP contribution >= 0.6 is 0 Å². The molecule has 23 heteroatoms. The van der Waals surface area contributed by atoms with Crippen molar-refractivity contribution in [3.05, 3.63) is 23.8 Å². The van der Waals surface area contributed by atoms with Crippen molar-refractivity contribution < 1.29 is 23.8 Å². The summed E-state index contributed by atoms with van der Waals surface area (Å²) >= 11 is 0. The van der Waals surface area contributed by atoms with Crippen LogP contribution in [0.5, 0.6) is 0 Å². The minimum atomic E-state index is -0.445. The van der Waals surface area contributed by atoms with Gasteiger partial charge in [-0.25, -0.2) is 9.36 Å². The van der Waals surface area contributed by atoms with E-state index in [0.717, 1.165) is 43.5 Å². The molecule has 2 aliphatic heterocycles. The first-order valence-corrected chi connectivity index (χ1v) is 22.1. The van der Waals surface area contributed by atoms with Crippen molar-refractivity contribution >= 4 is 35.6 Å². The van der Waals surface area contributed by atoms with Gasteiger partial charge in [0.1, 0.15) is 19.2 Å². The van der Waals surface area contributed by atoms with Crippen molar-refractivity contribution in [3.63, 3.8) is 0 Å². The highest BCUT2D eigenvalue weighted by Gasteiger charge is 2.31. The molecule has 3 aromatic heterocycles. The highest BCUT2D eigenvalue weighted by Crippen LogP contribution is 2.23. The number of anilines is 3. The van der Waals surface area contributed by atoms with Crippen LogP contribution in [0.3, 0.4) is 0 Å². The van der Waals surface area contributed by atoms with Gasteiger partial charge in [0.15, 0.2) is 5.96 Å². The number of ether oxygens (including phenoxy) is 3. The van der Waals surface area contributed by atoms with E-state index in [-0.39, 0.29) is 30.9 Å². The Kier molecular flexibility index (Phi) is 20.5. The lowest BCUT2D eigenvalue weighted by molar-refractivity contribution is -0.135. The number of aromatic nitrogens is 9. The van der Waals surface area contributed by atoms with Crippen LogP contribution in [0.2, 0.25) is 0 Å². The zero-order valence-corrected chi connectivity index (χ0v) is 36.7. The largest absolute Gasteiger partial charge is 0.377 e. The molecule has 1 atom stereocenters. The van der Waals surface area contributed by atoms with Crippen LogP contribution in [-0.2, 0) is 43.2 Å². The fourth-order valence-electron chi connectivity index (χ4n) is 7.04. The Morgan fingerprint density at radius 3 is 2.11 bits per heavy atom. The maximum Gasteiger partial charge on any atom is 0.247 e. The fraction of sp³-hybridized carbons (Fsp3) is 0.700. The molecule has 0 aromatic carbocycles. The standard InChI is InChI=1S/C40H66N18O5/c1-3-5-9-33-30-58(52-50-33)34(11-6-7-12-41)36(60)54-17-21-56(22-18-54)40-47-38(45-14-24-62-26-28-63-27-25-61-23-4-2)46-39(48-40)55-19-15-53(16-20-55)35(59)31-57-29-32(49-51-57)10-8-13-44-37(42)43/h2,29-30,34H,3,5-28,31,41H2,1H3,(H4,42,43,44)(H,45,46,47,48). The summed E-state index contributed by atoms with van der Waals surface area (Å²) in [5.41, 5.74) is 18.3. The number of terminal acetylenes is 1. The monoisotopic (exact) mass is 879 g/mol. The number of carbonyl (C=O) groups is 2. The molecular formula is C40H66N18O5. The zero-order valence-electron chi connectivity index (χ0n) is 36.7. The SMILES string of the molecule is C#CCOCCOCCOCCNc1nc(N2CCN(C(=O)Cn3cc(CCCN=C(N)N)nn3)CC2)nc(N2CCN(C(=O)C(CCCCN)n3cc(CCCC)nn3)CC2)n1. The van der Waals surface area contributed by atoms with Crippen LogP contribution in [0.4, 0.5) is 17.8 Å². The van der Waals surface area contributed by atoms with Crippen LogP contribution in [0.25, 0.3) is 0 Å². The maximum absolute atomic E-state index is 14.1. The Morgan fingerprint density at radius 2 is 1.44 bits per heavy atom. The van der Waals surface area contributed by atoms with Gasteiger partial charge in [0, 0.05) is 77.8 Å². The third-order valence-corrected chi connectivity index (χ3v) is 10.5. The van der Waals surface area contributed by atoms with Gasteiger partial charge in [0.2, 0.25) is 29.7 Å². The zero-order chi connectivity index (χ0) is 44.7. The number of aryl methyl sites for hydroxylation is 2. The lowest BCUT2D eigenvalue weighted by Gasteiger charge is -2.37. The summed E-state index contributed by atoms with van der Waals surface area (Å²) in [7, 11) is 0. The number of piperazine rings is 2. The number of nitrogens with zero attached hydrogens (tertiary/aromatic N) is 14. The van der Waals surface area contributed by atoms with E-state index >= 15 is 0 Å². The fourth-order valence-corrected chi connectivity index (χ4v) is 7.04. The molecule has 0 aliphatic carbocycles. The lowest BCUT2D eigenvalue weighted by atomic mass is 10.1. The molecule has 23 nitrogen and oxygen atoms in total.